The van der Waals surface area contributed by atoms with Gasteiger partial charge in [0.2, 0.25) is 0 Å². The van der Waals surface area contributed by atoms with E-state index in [-0.39, 0.29) is 5.78 Å². The van der Waals surface area contributed by atoms with Crippen molar-refractivity contribution in [1.29, 1.82) is 0 Å². The average molecular weight is 324 g/mol. The Balaban J connectivity index is 2.38. The van der Waals surface area contributed by atoms with E-state index in [0.717, 1.165) is 12.8 Å². The number of Topliss-reactive ketones (excluding diaryl/α,β-unsaturated/α-hetero) is 1. The van der Waals surface area contributed by atoms with Crippen LogP contribution in [0, 0.1) is 0 Å². The molecule has 1 aromatic rings. The van der Waals surface area contributed by atoms with Crippen molar-refractivity contribution in [3.05, 3.63) is 28.2 Å². The van der Waals surface area contributed by atoms with E-state index in [1.807, 2.05) is 0 Å². The molecule has 1 saturated carbocycles. The lowest BCUT2D eigenvalue weighted by molar-refractivity contribution is -0.113. The van der Waals surface area contributed by atoms with Gasteiger partial charge in [-0.15, -0.1) is 0 Å². The topological polar surface area (TPSA) is 55.7 Å². The maximum Gasteiger partial charge on any atom is 0.339 e. The number of ether oxygens (including phenoxy) is 1. The lowest BCUT2D eigenvalue weighted by Gasteiger charge is -2.12. The minimum atomic E-state index is -0.427. The van der Waals surface area contributed by atoms with Crippen LogP contribution in [-0.4, -0.2) is 24.6 Å². The molecule has 1 aromatic carbocycles. The molecule has 0 unspecified atom stereocenters. The summed E-state index contributed by atoms with van der Waals surface area (Å²) in [6.07, 6.45) is 3.18. The van der Waals surface area contributed by atoms with Gasteiger partial charge in [0.15, 0.2) is 5.78 Å². The highest BCUT2D eigenvalue weighted by molar-refractivity contribution is 9.10. The summed E-state index contributed by atoms with van der Waals surface area (Å²) in [4.78, 5) is 27.7. The highest BCUT2D eigenvalue weighted by atomic mass is 79.9. The van der Waals surface area contributed by atoms with Crippen molar-refractivity contribution in [2.45, 2.75) is 25.7 Å². The fourth-order valence-corrected chi connectivity index (χ4v) is 2.51. The molecule has 5 heteroatoms. The zero-order chi connectivity index (χ0) is 13.8. The first-order chi connectivity index (χ1) is 9.13. The Hall–Kier alpha value is -1.49. The first-order valence-corrected chi connectivity index (χ1v) is 6.90. The maximum absolute atomic E-state index is 11.7. The van der Waals surface area contributed by atoms with Gasteiger partial charge in [-0.1, -0.05) is 6.07 Å². The quantitative estimate of drug-likeness (QED) is 0.783. The number of esters is 1. The predicted octanol–water partition coefficient (Wildman–Crippen LogP) is 3.45. The summed E-state index contributed by atoms with van der Waals surface area (Å²) in [7, 11) is 1.33. The van der Waals surface area contributed by atoms with Crippen LogP contribution < -0.4 is 0 Å². The van der Waals surface area contributed by atoms with Crippen LogP contribution in [0.2, 0.25) is 0 Å². The summed E-state index contributed by atoms with van der Waals surface area (Å²) >= 11 is 3.35. The number of rotatable bonds is 2. The summed E-state index contributed by atoms with van der Waals surface area (Å²) in [6, 6.07) is 5.15. The molecule has 1 aliphatic rings. The molecule has 19 heavy (non-hydrogen) atoms. The minimum absolute atomic E-state index is 0.0987. The Bertz CT molecular complexity index is 552. The molecule has 0 bridgehead atoms. The molecule has 0 amide bonds. The highest BCUT2D eigenvalue weighted by Crippen LogP contribution is 2.30. The van der Waals surface area contributed by atoms with Crippen molar-refractivity contribution in [2.75, 3.05) is 7.11 Å². The van der Waals surface area contributed by atoms with Crippen LogP contribution in [0.15, 0.2) is 27.7 Å². The average Bonchev–Trinajstić information content (AvgIpc) is 2.42. The Kier molecular flexibility index (Phi) is 4.47. The molecule has 0 saturated heterocycles. The SMILES string of the molecule is COC(=O)c1cccc(N=C2CCCCC2=O)c1Br. The lowest BCUT2D eigenvalue weighted by Crippen LogP contribution is -2.18. The van der Waals surface area contributed by atoms with Crippen molar-refractivity contribution in [1.82, 2.24) is 0 Å². The predicted molar refractivity (Wildman–Crippen MR) is 76.1 cm³/mol. The third kappa shape index (κ3) is 3.10. The number of nitrogens with zero attached hydrogens (tertiary/aromatic N) is 1. The van der Waals surface area contributed by atoms with Gasteiger partial charge in [-0.3, -0.25) is 4.79 Å². The molecule has 0 spiro atoms. The van der Waals surface area contributed by atoms with Crippen LogP contribution in [0.1, 0.15) is 36.0 Å². The fourth-order valence-electron chi connectivity index (χ4n) is 2.00. The molecule has 2 rings (SSSR count). The number of methoxy groups -OCH3 is 1. The van der Waals surface area contributed by atoms with Gasteiger partial charge in [-0.05, 0) is 47.3 Å². The van der Waals surface area contributed by atoms with Crippen LogP contribution >= 0.6 is 15.9 Å². The molecule has 0 aromatic heterocycles. The third-order valence-electron chi connectivity index (χ3n) is 3.03. The van der Waals surface area contributed by atoms with Crippen LogP contribution in [0.4, 0.5) is 5.69 Å². The van der Waals surface area contributed by atoms with Crippen molar-refractivity contribution in [3.8, 4) is 0 Å². The number of aliphatic imine (C=N–C) groups is 1. The lowest BCUT2D eigenvalue weighted by atomic mass is 9.97. The van der Waals surface area contributed by atoms with Gasteiger partial charge >= 0.3 is 5.97 Å². The van der Waals surface area contributed by atoms with E-state index in [1.54, 1.807) is 18.2 Å². The van der Waals surface area contributed by atoms with Crippen LogP contribution in [0.3, 0.4) is 0 Å². The van der Waals surface area contributed by atoms with Crippen molar-refractivity contribution in [2.24, 2.45) is 4.99 Å². The highest BCUT2D eigenvalue weighted by Gasteiger charge is 2.18. The molecule has 1 fully saturated rings. The van der Waals surface area contributed by atoms with E-state index in [1.165, 1.54) is 7.11 Å². The zero-order valence-corrected chi connectivity index (χ0v) is 12.2. The van der Waals surface area contributed by atoms with E-state index in [2.05, 4.69) is 20.9 Å². The molecule has 100 valence electrons. The van der Waals surface area contributed by atoms with E-state index in [0.29, 0.717) is 34.3 Å². The van der Waals surface area contributed by atoms with Crippen molar-refractivity contribution in [3.63, 3.8) is 0 Å². The molecule has 0 heterocycles. The third-order valence-corrected chi connectivity index (χ3v) is 3.86. The van der Waals surface area contributed by atoms with Crippen LogP contribution in [0.5, 0.6) is 0 Å². The van der Waals surface area contributed by atoms with Gasteiger partial charge in [0, 0.05) is 6.42 Å². The van der Waals surface area contributed by atoms with Gasteiger partial charge in [0.05, 0.1) is 28.5 Å². The summed E-state index contributed by atoms with van der Waals surface area (Å²) in [5, 5.41) is 0. The van der Waals surface area contributed by atoms with Crippen LogP contribution in [0.25, 0.3) is 0 Å². The molecular weight excluding hydrogens is 310 g/mol. The number of benzene rings is 1. The number of carbonyl (C=O) groups is 2. The number of halogens is 1. The molecule has 0 aliphatic heterocycles. The second-order valence-corrected chi connectivity index (χ2v) is 5.11. The Labute approximate surface area is 120 Å². The van der Waals surface area contributed by atoms with Gasteiger partial charge in [-0.25, -0.2) is 9.79 Å². The summed E-state index contributed by atoms with van der Waals surface area (Å²) in [5.41, 5.74) is 1.59. The maximum atomic E-state index is 11.7. The monoisotopic (exact) mass is 323 g/mol. The molecule has 4 nitrogen and oxygen atoms in total. The first-order valence-electron chi connectivity index (χ1n) is 6.11. The van der Waals surface area contributed by atoms with E-state index in [9.17, 15) is 9.59 Å². The molecule has 0 radical (unpaired) electrons. The standard InChI is InChI=1S/C14H14BrNO3/c1-19-14(18)9-5-4-7-11(13(9)15)16-10-6-2-3-8-12(10)17/h4-5,7H,2-3,6,8H2,1H3. The van der Waals surface area contributed by atoms with E-state index >= 15 is 0 Å². The van der Waals surface area contributed by atoms with Gasteiger partial charge in [0.25, 0.3) is 0 Å². The zero-order valence-electron chi connectivity index (χ0n) is 10.6. The summed E-state index contributed by atoms with van der Waals surface area (Å²) < 4.78 is 5.26. The number of ketones is 1. The van der Waals surface area contributed by atoms with E-state index < -0.39 is 5.97 Å². The normalized spacial score (nSPS) is 17.6. The van der Waals surface area contributed by atoms with Crippen molar-refractivity contribution < 1.29 is 14.3 Å². The minimum Gasteiger partial charge on any atom is -0.465 e. The number of carbonyl (C=O) groups excluding carboxylic acids is 2. The number of hydrogen-bond acceptors (Lipinski definition) is 4. The van der Waals surface area contributed by atoms with Gasteiger partial charge < -0.3 is 4.74 Å². The van der Waals surface area contributed by atoms with Gasteiger partial charge in [0.1, 0.15) is 0 Å². The second kappa shape index (κ2) is 6.10. The van der Waals surface area contributed by atoms with Crippen LogP contribution in [-0.2, 0) is 9.53 Å². The Morgan fingerprint density at radius 3 is 2.74 bits per heavy atom. The molecular formula is C14H14BrNO3. The molecule has 0 N–H and O–H groups in total. The second-order valence-electron chi connectivity index (χ2n) is 4.32. The molecule has 0 atom stereocenters. The number of hydrogen-bond donors (Lipinski definition) is 0. The van der Waals surface area contributed by atoms with Crippen molar-refractivity contribution >= 4 is 39.1 Å². The van der Waals surface area contributed by atoms with Gasteiger partial charge in [-0.2, -0.15) is 0 Å². The Morgan fingerprint density at radius 2 is 2.05 bits per heavy atom. The fraction of sp³-hybridized carbons (Fsp3) is 0.357. The summed E-state index contributed by atoms with van der Waals surface area (Å²) in [6.45, 7) is 0. The first kappa shape index (κ1) is 13.9. The summed E-state index contributed by atoms with van der Waals surface area (Å²) in [5.74, 6) is -0.328. The Morgan fingerprint density at radius 1 is 1.32 bits per heavy atom. The largest absolute Gasteiger partial charge is 0.465 e. The smallest absolute Gasteiger partial charge is 0.339 e. The van der Waals surface area contributed by atoms with E-state index in [4.69, 9.17) is 4.74 Å². The molecule has 1 aliphatic carbocycles.